The average molecular weight is 739 g/mol. The van der Waals surface area contributed by atoms with Crippen LogP contribution in [0.2, 0.25) is 0 Å². The molecule has 1 atom stereocenters. The van der Waals surface area contributed by atoms with Crippen molar-refractivity contribution in [3.8, 4) is 11.7 Å². The summed E-state index contributed by atoms with van der Waals surface area (Å²) in [4.78, 5) is 38.6. The Balaban J connectivity index is 1.08. The van der Waals surface area contributed by atoms with Gasteiger partial charge in [0.25, 0.3) is 11.5 Å². The fourth-order valence-electron chi connectivity index (χ4n) is 7.74. The van der Waals surface area contributed by atoms with E-state index in [1.165, 1.54) is 10.1 Å². The summed E-state index contributed by atoms with van der Waals surface area (Å²) in [5, 5.41) is 0.692. The lowest BCUT2D eigenvalue weighted by Gasteiger charge is -2.34. The van der Waals surface area contributed by atoms with Gasteiger partial charge in [-0.1, -0.05) is 18.2 Å². The van der Waals surface area contributed by atoms with Crippen molar-refractivity contribution in [2.24, 2.45) is 0 Å². The molecule has 1 aliphatic carbocycles. The SMILES string of the molecule is Cc1cc(-n2c(OCCc3ccc(S(=O)(=O)C4CC4)cc3)nc3c(c2=O)CCN(C(=O)c2cc4cc(C5CCOCC5)ccc4[nH]2)C3C)cc(C)c1F. The molecule has 53 heavy (non-hydrogen) atoms. The predicted octanol–water partition coefficient (Wildman–Crippen LogP) is 6.68. The molecule has 4 heterocycles. The third-order valence-corrected chi connectivity index (χ3v) is 13.3. The number of nitrogens with one attached hydrogen (secondary N) is 1. The molecule has 1 saturated heterocycles. The Kier molecular flexibility index (Phi) is 9.22. The van der Waals surface area contributed by atoms with Crippen LogP contribution in [0.4, 0.5) is 4.39 Å². The van der Waals surface area contributed by atoms with Gasteiger partial charge < -0.3 is 19.4 Å². The van der Waals surface area contributed by atoms with Crippen molar-refractivity contribution >= 4 is 26.6 Å². The number of H-pyrrole nitrogens is 1. The van der Waals surface area contributed by atoms with E-state index in [9.17, 15) is 22.4 Å². The van der Waals surface area contributed by atoms with Crippen molar-refractivity contribution in [3.63, 3.8) is 0 Å². The van der Waals surface area contributed by atoms with Gasteiger partial charge in [-0.25, -0.2) is 17.4 Å². The molecule has 1 unspecified atom stereocenters. The highest BCUT2D eigenvalue weighted by Crippen LogP contribution is 2.35. The second-order valence-electron chi connectivity index (χ2n) is 14.6. The number of aromatic nitrogens is 3. The number of carbonyl (C=O) groups is 1. The van der Waals surface area contributed by atoms with Gasteiger partial charge >= 0.3 is 6.01 Å². The minimum absolute atomic E-state index is 0.0412. The van der Waals surface area contributed by atoms with Gasteiger partial charge in [0.05, 0.1) is 34.2 Å². The van der Waals surface area contributed by atoms with E-state index >= 15 is 0 Å². The maximum absolute atomic E-state index is 14.7. The molecular formula is C41H43FN4O6S. The Morgan fingerprint density at radius 2 is 1.72 bits per heavy atom. The number of carbonyl (C=O) groups excluding carboxylic acids is 1. The molecule has 12 heteroatoms. The van der Waals surface area contributed by atoms with Crippen molar-refractivity contribution < 1.29 is 27.1 Å². The third kappa shape index (κ3) is 6.67. The van der Waals surface area contributed by atoms with Crippen molar-refractivity contribution in [1.82, 2.24) is 19.4 Å². The zero-order valence-electron chi connectivity index (χ0n) is 30.2. The minimum Gasteiger partial charge on any atom is -0.464 e. The van der Waals surface area contributed by atoms with Crippen LogP contribution in [0.15, 0.2) is 70.4 Å². The highest BCUT2D eigenvalue weighted by Gasteiger charge is 2.37. The van der Waals surface area contributed by atoms with Crippen LogP contribution < -0.4 is 10.3 Å². The van der Waals surface area contributed by atoms with E-state index in [-0.39, 0.29) is 35.2 Å². The van der Waals surface area contributed by atoms with Crippen LogP contribution in [0.25, 0.3) is 16.6 Å². The number of hydrogen-bond acceptors (Lipinski definition) is 7. The molecule has 5 aromatic rings. The first-order chi connectivity index (χ1) is 25.5. The topological polar surface area (TPSA) is 124 Å². The van der Waals surface area contributed by atoms with Gasteiger partial charge in [0.2, 0.25) is 0 Å². The number of sulfone groups is 1. The molecule has 2 fully saturated rings. The minimum atomic E-state index is -3.29. The summed E-state index contributed by atoms with van der Waals surface area (Å²) >= 11 is 0. The molecule has 0 bridgehead atoms. The van der Waals surface area contributed by atoms with Crippen LogP contribution in [0.5, 0.6) is 6.01 Å². The normalized spacial score (nSPS) is 18.0. The summed E-state index contributed by atoms with van der Waals surface area (Å²) in [5.41, 5.74) is 5.31. The van der Waals surface area contributed by atoms with Crippen LogP contribution in [-0.4, -0.2) is 65.4 Å². The Morgan fingerprint density at radius 3 is 2.42 bits per heavy atom. The Labute approximate surface area is 307 Å². The second-order valence-corrected chi connectivity index (χ2v) is 16.8. The first kappa shape index (κ1) is 35.2. The molecule has 0 spiro atoms. The van der Waals surface area contributed by atoms with Crippen molar-refractivity contribution in [1.29, 1.82) is 0 Å². The van der Waals surface area contributed by atoms with Crippen LogP contribution in [0, 0.1) is 19.7 Å². The molecule has 3 aromatic carbocycles. The maximum atomic E-state index is 14.7. The van der Waals surface area contributed by atoms with Crippen molar-refractivity contribution in [3.05, 3.63) is 116 Å². The lowest BCUT2D eigenvalue weighted by molar-refractivity contribution is 0.0665. The van der Waals surface area contributed by atoms with Gasteiger partial charge in [-0.3, -0.25) is 9.59 Å². The predicted molar refractivity (Wildman–Crippen MR) is 199 cm³/mol. The number of amides is 1. The first-order valence-electron chi connectivity index (χ1n) is 18.4. The van der Waals surface area contributed by atoms with E-state index in [4.69, 9.17) is 14.5 Å². The summed E-state index contributed by atoms with van der Waals surface area (Å²) in [6.45, 7) is 7.14. The highest BCUT2D eigenvalue weighted by atomic mass is 32.2. The third-order valence-electron chi connectivity index (χ3n) is 11.0. The van der Waals surface area contributed by atoms with Gasteiger partial charge in [-0.05, 0) is 124 Å². The Morgan fingerprint density at radius 1 is 1.00 bits per heavy atom. The van der Waals surface area contributed by atoms with E-state index in [1.54, 1.807) is 55.1 Å². The number of halogens is 1. The first-order valence-corrected chi connectivity index (χ1v) is 19.9. The summed E-state index contributed by atoms with van der Waals surface area (Å²) in [7, 11) is -3.29. The van der Waals surface area contributed by atoms with Gasteiger partial charge in [0, 0.05) is 42.6 Å². The van der Waals surface area contributed by atoms with E-state index in [2.05, 4.69) is 17.1 Å². The van der Waals surface area contributed by atoms with Crippen LogP contribution in [-0.2, 0) is 27.4 Å². The second kappa shape index (κ2) is 13.9. The molecule has 8 rings (SSSR count). The molecular weight excluding hydrogens is 696 g/mol. The standard InChI is InChI=1S/C41H43FN4O6S/c1-24-20-31(21-25(2)37(24)42)46-39(47)34-12-16-45(40(48)36-23-30-22-29(6-11-35(30)43-36)28-14-17-51-18-15-28)26(3)38(34)44-41(46)52-19-13-27-4-7-32(8-5-27)53(49,50)33-9-10-33/h4-8,11,20-23,26,28,33,43H,9-10,12-19H2,1-3H3. The zero-order valence-corrected chi connectivity index (χ0v) is 31.0. The number of nitrogens with zero attached hydrogens (tertiary/aromatic N) is 3. The molecule has 1 saturated carbocycles. The van der Waals surface area contributed by atoms with Gasteiger partial charge in [0.1, 0.15) is 11.5 Å². The lowest BCUT2D eigenvalue weighted by Crippen LogP contribution is -2.43. The van der Waals surface area contributed by atoms with E-state index in [0.29, 0.717) is 76.8 Å². The number of hydrogen-bond donors (Lipinski definition) is 1. The summed E-state index contributed by atoms with van der Waals surface area (Å²) in [6, 6.07) is 17.8. The smallest absolute Gasteiger partial charge is 0.304 e. The molecule has 0 radical (unpaired) electrons. The fraction of sp³-hybridized carbons (Fsp3) is 0.390. The number of fused-ring (bicyclic) bond motifs is 2. The molecule has 10 nitrogen and oxygen atoms in total. The monoisotopic (exact) mass is 738 g/mol. The summed E-state index contributed by atoms with van der Waals surface area (Å²) < 4.78 is 53.2. The van der Waals surface area contributed by atoms with Gasteiger partial charge in [0.15, 0.2) is 9.84 Å². The average Bonchev–Trinajstić information content (AvgIpc) is 3.94. The van der Waals surface area contributed by atoms with Gasteiger partial charge in [-0.15, -0.1) is 0 Å². The Hall–Kier alpha value is -4.81. The number of aryl methyl sites for hydroxylation is 2. The quantitative estimate of drug-likeness (QED) is 0.179. The van der Waals surface area contributed by atoms with Crippen LogP contribution in [0.1, 0.15) is 88.6 Å². The zero-order chi connectivity index (χ0) is 37.0. The molecule has 2 aromatic heterocycles. The highest BCUT2D eigenvalue weighted by molar-refractivity contribution is 7.92. The Bertz CT molecular complexity index is 2370. The molecule has 1 amide bonds. The molecule has 2 aliphatic heterocycles. The van der Waals surface area contributed by atoms with E-state index < -0.39 is 15.9 Å². The molecule has 1 N–H and O–H groups in total. The van der Waals surface area contributed by atoms with Crippen molar-refractivity contribution in [2.75, 3.05) is 26.4 Å². The maximum Gasteiger partial charge on any atom is 0.304 e. The fourth-order valence-corrected chi connectivity index (χ4v) is 9.40. The number of ether oxygens (including phenoxy) is 2. The summed E-state index contributed by atoms with van der Waals surface area (Å²) in [5.74, 6) is -0.0920. The molecule has 276 valence electrons. The van der Waals surface area contributed by atoms with Crippen molar-refractivity contribution in [2.45, 2.75) is 81.4 Å². The van der Waals surface area contributed by atoms with Gasteiger partial charge in [-0.2, -0.15) is 4.98 Å². The number of benzene rings is 3. The molecule has 3 aliphatic rings. The van der Waals surface area contributed by atoms with E-state index in [1.807, 2.05) is 19.1 Å². The number of aromatic amines is 1. The lowest BCUT2D eigenvalue weighted by atomic mass is 9.91. The number of rotatable bonds is 9. The van der Waals surface area contributed by atoms with Crippen LogP contribution in [0.3, 0.4) is 0 Å². The largest absolute Gasteiger partial charge is 0.464 e. The summed E-state index contributed by atoms with van der Waals surface area (Å²) in [6.07, 6.45) is 4.08. The van der Waals surface area contributed by atoms with E-state index in [0.717, 1.165) is 42.5 Å². The van der Waals surface area contributed by atoms with Crippen LogP contribution >= 0.6 is 0 Å².